The summed E-state index contributed by atoms with van der Waals surface area (Å²) in [6.45, 7) is 8.77. The smallest absolute Gasteiger partial charge is 0.321 e. The number of urea groups is 1. The van der Waals surface area contributed by atoms with Crippen LogP contribution < -0.4 is 15.5 Å². The number of rotatable bonds is 3. The number of carbonyl (C=O) groups is 3. The molecule has 7 nitrogen and oxygen atoms in total. The van der Waals surface area contributed by atoms with Gasteiger partial charge in [-0.1, -0.05) is 12.1 Å². The maximum absolute atomic E-state index is 12.6. The molecule has 1 aromatic rings. The van der Waals surface area contributed by atoms with Crippen LogP contribution in [0.1, 0.15) is 24.5 Å². The number of benzene rings is 1. The van der Waals surface area contributed by atoms with Gasteiger partial charge in [-0.2, -0.15) is 0 Å². The lowest BCUT2D eigenvalue weighted by Crippen LogP contribution is -2.58. The third kappa shape index (κ3) is 3.81. The van der Waals surface area contributed by atoms with Crippen LogP contribution in [0.4, 0.5) is 10.5 Å². The first-order valence-electron chi connectivity index (χ1n) is 9.06. The average Bonchev–Trinajstić information content (AvgIpc) is 2.60. The van der Waals surface area contributed by atoms with Crippen molar-refractivity contribution in [3.63, 3.8) is 0 Å². The standard InChI is InChI=1S/C19H26N4O3/c1-12-4-5-13(2)16(10-12)22-6-8-23(9-7-22)17(24)11-15-14(3)20-19(26)21-18(15)25/h4-5,10,14-15H,6-9,11H2,1-3H3,(H2,20,21,25,26). The first-order chi connectivity index (χ1) is 12.3. The molecule has 7 heteroatoms. The molecule has 2 aliphatic rings. The van der Waals surface area contributed by atoms with Crippen LogP contribution in [0.2, 0.25) is 0 Å². The number of amides is 4. The molecule has 2 N–H and O–H groups in total. The Hall–Kier alpha value is -2.57. The van der Waals surface area contributed by atoms with Crippen molar-refractivity contribution in [2.24, 2.45) is 5.92 Å². The largest absolute Gasteiger partial charge is 0.368 e. The Kier molecular flexibility index (Phi) is 5.15. The van der Waals surface area contributed by atoms with E-state index in [1.807, 2.05) is 4.90 Å². The first kappa shape index (κ1) is 18.2. The molecule has 0 radical (unpaired) electrons. The van der Waals surface area contributed by atoms with Gasteiger partial charge in [0.25, 0.3) is 0 Å². The van der Waals surface area contributed by atoms with E-state index in [0.717, 1.165) is 13.1 Å². The fraction of sp³-hybridized carbons (Fsp3) is 0.526. The van der Waals surface area contributed by atoms with Crippen molar-refractivity contribution in [2.45, 2.75) is 33.2 Å². The molecule has 0 aromatic heterocycles. The van der Waals surface area contributed by atoms with Gasteiger partial charge < -0.3 is 15.1 Å². The monoisotopic (exact) mass is 358 g/mol. The number of nitrogens with one attached hydrogen (secondary N) is 2. The summed E-state index contributed by atoms with van der Waals surface area (Å²) in [6.07, 6.45) is 0.122. The quantitative estimate of drug-likeness (QED) is 0.850. The van der Waals surface area contributed by atoms with Crippen LogP contribution >= 0.6 is 0 Å². The number of anilines is 1. The van der Waals surface area contributed by atoms with Crippen LogP contribution in [0.25, 0.3) is 0 Å². The van der Waals surface area contributed by atoms with Crippen LogP contribution in [-0.2, 0) is 9.59 Å². The van der Waals surface area contributed by atoms with Gasteiger partial charge in [0, 0.05) is 44.3 Å². The summed E-state index contributed by atoms with van der Waals surface area (Å²) in [7, 11) is 0. The predicted octanol–water partition coefficient (Wildman–Crippen LogP) is 1.19. The SMILES string of the molecule is Cc1ccc(C)c(N2CCN(C(=O)CC3C(=O)NC(=O)NC3C)CC2)c1. The molecule has 0 aliphatic carbocycles. The zero-order valence-corrected chi connectivity index (χ0v) is 15.5. The second-order valence-electron chi connectivity index (χ2n) is 7.22. The third-order valence-corrected chi connectivity index (χ3v) is 5.27. The van der Waals surface area contributed by atoms with E-state index in [2.05, 4.69) is 47.6 Å². The van der Waals surface area contributed by atoms with Crippen LogP contribution in [0, 0.1) is 19.8 Å². The fourth-order valence-electron chi connectivity index (χ4n) is 3.62. The summed E-state index contributed by atoms with van der Waals surface area (Å²) in [6, 6.07) is 5.58. The molecule has 2 fully saturated rings. The molecule has 2 aliphatic heterocycles. The minimum Gasteiger partial charge on any atom is -0.368 e. The van der Waals surface area contributed by atoms with Crippen molar-refractivity contribution in [1.82, 2.24) is 15.5 Å². The highest BCUT2D eigenvalue weighted by Gasteiger charge is 2.35. The predicted molar refractivity (Wildman–Crippen MR) is 99.0 cm³/mol. The van der Waals surface area contributed by atoms with Crippen LogP contribution in [-0.4, -0.2) is 55.0 Å². The van der Waals surface area contributed by atoms with Gasteiger partial charge in [0.1, 0.15) is 0 Å². The highest BCUT2D eigenvalue weighted by atomic mass is 16.2. The van der Waals surface area contributed by atoms with E-state index in [1.165, 1.54) is 16.8 Å². The molecule has 2 saturated heterocycles. The summed E-state index contributed by atoms with van der Waals surface area (Å²) >= 11 is 0. The molecule has 0 saturated carbocycles. The maximum atomic E-state index is 12.6. The van der Waals surface area contributed by atoms with Crippen molar-refractivity contribution in [2.75, 3.05) is 31.1 Å². The molecule has 0 spiro atoms. The molecule has 0 bridgehead atoms. The zero-order valence-electron chi connectivity index (χ0n) is 15.5. The topological polar surface area (TPSA) is 81.8 Å². The van der Waals surface area contributed by atoms with Gasteiger partial charge in [-0.25, -0.2) is 4.79 Å². The summed E-state index contributed by atoms with van der Waals surface area (Å²) in [5.74, 6) is -0.922. The molecule has 140 valence electrons. The minimum absolute atomic E-state index is 0.0336. The number of nitrogens with zero attached hydrogens (tertiary/aromatic N) is 2. The number of carbonyl (C=O) groups excluding carboxylic acids is 3. The lowest BCUT2D eigenvalue weighted by molar-refractivity contribution is -0.137. The first-order valence-corrected chi connectivity index (χ1v) is 9.06. The Morgan fingerprint density at radius 2 is 1.85 bits per heavy atom. The van der Waals surface area contributed by atoms with Crippen LogP contribution in [0.15, 0.2) is 18.2 Å². The Morgan fingerprint density at radius 1 is 1.15 bits per heavy atom. The molecular weight excluding hydrogens is 332 g/mol. The maximum Gasteiger partial charge on any atom is 0.321 e. The van der Waals surface area contributed by atoms with E-state index in [1.54, 1.807) is 6.92 Å². The highest BCUT2D eigenvalue weighted by Crippen LogP contribution is 2.23. The molecule has 2 atom stereocenters. The Labute approximate surface area is 153 Å². The molecule has 2 unspecified atom stereocenters. The molecule has 1 aromatic carbocycles. The number of hydrogen-bond donors (Lipinski definition) is 2. The summed E-state index contributed by atoms with van der Waals surface area (Å²) < 4.78 is 0. The molecule has 2 heterocycles. The number of hydrogen-bond acceptors (Lipinski definition) is 4. The molecule has 4 amide bonds. The van der Waals surface area contributed by atoms with E-state index < -0.39 is 11.9 Å². The number of aryl methyl sites for hydroxylation is 2. The second kappa shape index (κ2) is 7.35. The van der Waals surface area contributed by atoms with Gasteiger partial charge in [-0.15, -0.1) is 0 Å². The van der Waals surface area contributed by atoms with Gasteiger partial charge in [0.15, 0.2) is 0 Å². The Balaban J connectivity index is 1.58. The summed E-state index contributed by atoms with van der Waals surface area (Å²) in [5, 5.41) is 4.90. The molecular formula is C19H26N4O3. The normalized spacial score (nSPS) is 23.5. The Bertz CT molecular complexity index is 725. The van der Waals surface area contributed by atoms with E-state index in [-0.39, 0.29) is 24.3 Å². The second-order valence-corrected chi connectivity index (χ2v) is 7.22. The van der Waals surface area contributed by atoms with Gasteiger partial charge in [-0.3, -0.25) is 14.9 Å². The van der Waals surface area contributed by atoms with Crippen molar-refractivity contribution < 1.29 is 14.4 Å². The van der Waals surface area contributed by atoms with Crippen molar-refractivity contribution in [3.8, 4) is 0 Å². The summed E-state index contributed by atoms with van der Waals surface area (Å²) in [5.41, 5.74) is 3.68. The van der Waals surface area contributed by atoms with Crippen molar-refractivity contribution in [3.05, 3.63) is 29.3 Å². The van der Waals surface area contributed by atoms with Crippen molar-refractivity contribution >= 4 is 23.5 Å². The van der Waals surface area contributed by atoms with Crippen LogP contribution in [0.5, 0.6) is 0 Å². The van der Waals surface area contributed by atoms with Crippen molar-refractivity contribution in [1.29, 1.82) is 0 Å². The van der Waals surface area contributed by atoms with Crippen LogP contribution in [0.3, 0.4) is 0 Å². The average molecular weight is 358 g/mol. The lowest BCUT2D eigenvalue weighted by atomic mass is 9.94. The van der Waals surface area contributed by atoms with Gasteiger partial charge in [-0.05, 0) is 38.0 Å². The molecule has 26 heavy (non-hydrogen) atoms. The number of imide groups is 1. The summed E-state index contributed by atoms with van der Waals surface area (Å²) in [4.78, 5) is 40.0. The molecule has 3 rings (SSSR count). The van der Waals surface area contributed by atoms with E-state index in [0.29, 0.717) is 13.1 Å². The third-order valence-electron chi connectivity index (χ3n) is 5.27. The number of piperazine rings is 1. The minimum atomic E-state index is -0.516. The zero-order chi connectivity index (χ0) is 18.8. The Morgan fingerprint density at radius 3 is 2.50 bits per heavy atom. The van der Waals surface area contributed by atoms with Gasteiger partial charge in [0.05, 0.1) is 5.92 Å². The van der Waals surface area contributed by atoms with Gasteiger partial charge >= 0.3 is 6.03 Å². The van der Waals surface area contributed by atoms with E-state index in [9.17, 15) is 14.4 Å². The van der Waals surface area contributed by atoms with E-state index >= 15 is 0 Å². The van der Waals surface area contributed by atoms with Gasteiger partial charge in [0.2, 0.25) is 11.8 Å². The van der Waals surface area contributed by atoms with E-state index in [4.69, 9.17) is 0 Å². The lowest BCUT2D eigenvalue weighted by Gasteiger charge is -2.38. The fourth-order valence-corrected chi connectivity index (χ4v) is 3.62. The highest BCUT2D eigenvalue weighted by molar-refractivity contribution is 6.00.